The zero-order chi connectivity index (χ0) is 21.0. The summed E-state index contributed by atoms with van der Waals surface area (Å²) in [6.45, 7) is 1.92. The third-order valence-corrected chi connectivity index (χ3v) is 4.90. The van der Waals surface area contributed by atoms with Gasteiger partial charge >= 0.3 is 0 Å². The minimum Gasteiger partial charge on any atom is -0.444 e. The number of rotatable bonds is 6. The quantitative estimate of drug-likeness (QED) is 0.315. The number of amides is 2. The van der Waals surface area contributed by atoms with Crippen LogP contribution in [0.2, 0.25) is 0 Å². The molecule has 2 heterocycles. The lowest BCUT2D eigenvalue weighted by molar-refractivity contribution is -0.113. The molecule has 0 saturated carbocycles. The van der Waals surface area contributed by atoms with E-state index in [0.29, 0.717) is 10.4 Å². The summed E-state index contributed by atoms with van der Waals surface area (Å²) in [6.07, 6.45) is 0. The van der Waals surface area contributed by atoms with E-state index in [0.717, 1.165) is 17.3 Å². The second-order valence-electron chi connectivity index (χ2n) is 5.90. The van der Waals surface area contributed by atoms with E-state index < -0.39 is 11.5 Å². The third kappa shape index (κ3) is 5.48. The molecule has 0 fully saturated rings. The predicted molar refractivity (Wildman–Crippen MR) is 114 cm³/mol. The summed E-state index contributed by atoms with van der Waals surface area (Å²) >= 11 is 4.10. The third-order valence-electron chi connectivity index (χ3n) is 3.60. The van der Waals surface area contributed by atoms with Crippen LogP contribution in [-0.2, 0) is 4.79 Å². The molecule has 0 spiro atoms. The Kier molecular flexibility index (Phi) is 6.39. The van der Waals surface area contributed by atoms with E-state index >= 15 is 0 Å². The summed E-state index contributed by atoms with van der Waals surface area (Å²) in [5.41, 5.74) is 6.66. The van der Waals surface area contributed by atoms with Gasteiger partial charge in [-0.3, -0.25) is 19.4 Å². The van der Waals surface area contributed by atoms with Gasteiger partial charge < -0.3 is 20.8 Å². The van der Waals surface area contributed by atoms with Crippen molar-refractivity contribution in [2.45, 2.75) is 12.1 Å². The van der Waals surface area contributed by atoms with Crippen LogP contribution in [-0.4, -0.2) is 27.5 Å². The van der Waals surface area contributed by atoms with Crippen molar-refractivity contribution in [3.8, 4) is 0 Å². The van der Waals surface area contributed by atoms with Gasteiger partial charge in [0.05, 0.1) is 5.75 Å². The zero-order valence-corrected chi connectivity index (χ0v) is 17.5. The Bertz CT molecular complexity index is 1130. The lowest BCUT2D eigenvalue weighted by atomic mass is 10.2. The average molecular weight is 478 g/mol. The van der Waals surface area contributed by atoms with Gasteiger partial charge in [-0.2, -0.15) is 0 Å². The van der Waals surface area contributed by atoms with Crippen LogP contribution in [0.1, 0.15) is 16.1 Å². The number of aryl methyl sites for hydroxylation is 1. The first kappa shape index (κ1) is 20.7. The number of aromatic nitrogens is 2. The topological polar surface area (TPSA) is 143 Å². The normalized spacial score (nSPS) is 10.6. The molecule has 11 heteroatoms. The minimum absolute atomic E-state index is 0.00180. The molecule has 2 amide bonds. The molecule has 1 aromatic carbocycles. The number of nitrogens with zero attached hydrogens (tertiary/aromatic N) is 1. The zero-order valence-electron chi connectivity index (χ0n) is 15.1. The molecule has 0 unspecified atom stereocenters. The Balaban J connectivity index is 1.63. The molecule has 2 aromatic heterocycles. The number of halogens is 1. The molecule has 29 heavy (non-hydrogen) atoms. The summed E-state index contributed by atoms with van der Waals surface area (Å²) in [7, 11) is 0. The van der Waals surface area contributed by atoms with Gasteiger partial charge in [0.1, 0.15) is 0 Å². The van der Waals surface area contributed by atoms with Gasteiger partial charge in [-0.05, 0) is 52.7 Å². The van der Waals surface area contributed by atoms with E-state index in [1.165, 1.54) is 6.07 Å². The Labute approximate surface area is 177 Å². The second-order valence-corrected chi connectivity index (χ2v) is 7.64. The van der Waals surface area contributed by atoms with E-state index in [-0.39, 0.29) is 34.1 Å². The van der Waals surface area contributed by atoms with Crippen molar-refractivity contribution in [3.63, 3.8) is 0 Å². The van der Waals surface area contributed by atoms with E-state index in [4.69, 9.17) is 10.2 Å². The van der Waals surface area contributed by atoms with Crippen LogP contribution in [0.5, 0.6) is 0 Å². The van der Waals surface area contributed by atoms with Crippen LogP contribution in [0.25, 0.3) is 0 Å². The standard InChI is InChI=1S/C18H16BrN5O4S/c1-9-3-2-4-10(7-9)21-13(25)8-29-18-23-15(20)14(17(27)24-18)22-16(26)11-5-6-12(19)28-11/h2-7H,8H2,1H3,(H,21,25)(H,22,26)(H3,20,23,24,27). The van der Waals surface area contributed by atoms with Crippen LogP contribution in [0.3, 0.4) is 0 Å². The molecule has 0 atom stereocenters. The second kappa shape index (κ2) is 8.97. The summed E-state index contributed by atoms with van der Waals surface area (Å²) in [5.74, 6) is -1.06. The van der Waals surface area contributed by atoms with Crippen LogP contribution >= 0.6 is 27.7 Å². The van der Waals surface area contributed by atoms with Crippen molar-refractivity contribution in [1.29, 1.82) is 0 Å². The summed E-state index contributed by atoms with van der Waals surface area (Å²) < 4.78 is 5.50. The number of nitrogens with two attached hydrogens (primary N) is 1. The van der Waals surface area contributed by atoms with Crippen LogP contribution in [0.4, 0.5) is 17.2 Å². The molecular formula is C18H16BrN5O4S. The fourth-order valence-electron chi connectivity index (χ4n) is 2.32. The van der Waals surface area contributed by atoms with Crippen molar-refractivity contribution < 1.29 is 14.0 Å². The number of benzene rings is 1. The average Bonchev–Trinajstić information content (AvgIpc) is 3.09. The Hall–Kier alpha value is -3.05. The number of furan rings is 1. The maximum Gasteiger partial charge on any atom is 0.291 e. The fourth-order valence-corrected chi connectivity index (χ4v) is 3.30. The van der Waals surface area contributed by atoms with Gasteiger partial charge in [0.2, 0.25) is 5.91 Å². The molecule has 5 N–H and O–H groups in total. The number of H-pyrrole nitrogens is 1. The maximum absolute atomic E-state index is 12.3. The van der Waals surface area contributed by atoms with Gasteiger partial charge in [-0.25, -0.2) is 4.98 Å². The van der Waals surface area contributed by atoms with E-state index in [9.17, 15) is 14.4 Å². The van der Waals surface area contributed by atoms with Crippen molar-refractivity contribution in [3.05, 3.63) is 62.7 Å². The minimum atomic E-state index is -0.646. The van der Waals surface area contributed by atoms with Gasteiger partial charge in [-0.15, -0.1) is 0 Å². The number of hydrogen-bond donors (Lipinski definition) is 4. The van der Waals surface area contributed by atoms with Crippen LogP contribution < -0.4 is 21.9 Å². The molecular weight excluding hydrogens is 462 g/mol. The highest BCUT2D eigenvalue weighted by Crippen LogP contribution is 2.19. The van der Waals surface area contributed by atoms with E-state index in [1.807, 2.05) is 25.1 Å². The van der Waals surface area contributed by atoms with Crippen LogP contribution in [0.15, 0.2) is 55.4 Å². The van der Waals surface area contributed by atoms with E-state index in [1.54, 1.807) is 12.1 Å². The number of carbonyl (C=O) groups excluding carboxylic acids is 2. The highest BCUT2D eigenvalue weighted by molar-refractivity contribution is 9.10. The Morgan fingerprint density at radius 3 is 2.72 bits per heavy atom. The molecule has 0 bridgehead atoms. The number of aromatic amines is 1. The molecule has 3 rings (SSSR count). The largest absolute Gasteiger partial charge is 0.444 e. The number of nitrogen functional groups attached to an aromatic ring is 1. The Morgan fingerprint density at radius 2 is 2.07 bits per heavy atom. The smallest absolute Gasteiger partial charge is 0.291 e. The van der Waals surface area contributed by atoms with Crippen molar-refractivity contribution in [2.24, 2.45) is 0 Å². The number of thioether (sulfide) groups is 1. The van der Waals surface area contributed by atoms with Crippen molar-refractivity contribution in [1.82, 2.24) is 9.97 Å². The van der Waals surface area contributed by atoms with Gasteiger partial charge in [-0.1, -0.05) is 23.9 Å². The van der Waals surface area contributed by atoms with Crippen molar-refractivity contribution in [2.75, 3.05) is 22.1 Å². The lowest BCUT2D eigenvalue weighted by Crippen LogP contribution is -2.23. The first-order chi connectivity index (χ1) is 13.8. The molecule has 0 aliphatic carbocycles. The molecule has 150 valence electrons. The molecule has 3 aromatic rings. The van der Waals surface area contributed by atoms with Crippen molar-refractivity contribution >= 4 is 56.7 Å². The first-order valence-corrected chi connectivity index (χ1v) is 10.1. The number of hydrogen-bond acceptors (Lipinski definition) is 7. The highest BCUT2D eigenvalue weighted by atomic mass is 79.9. The lowest BCUT2D eigenvalue weighted by Gasteiger charge is -2.08. The fraction of sp³-hybridized carbons (Fsp3) is 0.111. The Morgan fingerprint density at radius 1 is 1.28 bits per heavy atom. The summed E-state index contributed by atoms with van der Waals surface area (Å²) in [5, 5.41) is 5.28. The van der Waals surface area contributed by atoms with E-state index in [2.05, 4.69) is 36.5 Å². The summed E-state index contributed by atoms with van der Waals surface area (Å²) in [4.78, 5) is 43.0. The molecule has 0 radical (unpaired) electrons. The molecule has 0 aliphatic rings. The summed E-state index contributed by atoms with van der Waals surface area (Å²) in [6, 6.07) is 10.4. The van der Waals surface area contributed by atoms with Gasteiger partial charge in [0.25, 0.3) is 11.5 Å². The SMILES string of the molecule is Cc1cccc(NC(=O)CSc2nc(N)c(NC(=O)c3ccc(Br)o3)c(=O)[nH]2)c1. The van der Waals surface area contributed by atoms with Gasteiger partial charge in [0, 0.05) is 5.69 Å². The van der Waals surface area contributed by atoms with Crippen LogP contribution in [0, 0.1) is 6.92 Å². The number of anilines is 3. The first-order valence-electron chi connectivity index (χ1n) is 8.27. The number of nitrogens with one attached hydrogen (secondary N) is 3. The molecule has 9 nitrogen and oxygen atoms in total. The monoisotopic (exact) mass is 477 g/mol. The number of carbonyl (C=O) groups is 2. The molecule has 0 aliphatic heterocycles. The highest BCUT2D eigenvalue weighted by Gasteiger charge is 2.17. The maximum atomic E-state index is 12.3. The molecule has 0 saturated heterocycles. The van der Waals surface area contributed by atoms with Gasteiger partial charge in [0.15, 0.2) is 27.1 Å². The predicted octanol–water partition coefficient (Wildman–Crippen LogP) is 3.00.